The summed E-state index contributed by atoms with van der Waals surface area (Å²) in [6.07, 6.45) is 0. The monoisotopic (exact) mass is 456 g/mol. The molecule has 0 atom stereocenters. The highest BCUT2D eigenvalue weighted by Crippen LogP contribution is 2.19. The van der Waals surface area contributed by atoms with E-state index >= 15 is 0 Å². The van der Waals surface area contributed by atoms with Crippen LogP contribution in [0.3, 0.4) is 0 Å². The standard InChI is InChI=1S/C28H24O6/c29-27(33-19-31-17-21-7-3-1-4-8-21)25-13-11-24-16-26(14-12-23(24)15-25)28(30)34-20-32-18-22-9-5-2-6-10-22/h1-16H,17-20H2. The van der Waals surface area contributed by atoms with Crippen molar-refractivity contribution in [1.29, 1.82) is 0 Å². The number of carbonyl (C=O) groups is 2. The molecule has 34 heavy (non-hydrogen) atoms. The number of benzene rings is 4. The fraction of sp³-hybridized carbons (Fsp3) is 0.143. The summed E-state index contributed by atoms with van der Waals surface area (Å²) in [6.45, 7) is 0.454. The van der Waals surface area contributed by atoms with Gasteiger partial charge in [0.15, 0.2) is 13.6 Å². The number of ether oxygens (including phenoxy) is 4. The van der Waals surface area contributed by atoms with Crippen LogP contribution in [-0.4, -0.2) is 25.5 Å². The minimum Gasteiger partial charge on any atom is -0.435 e. The number of esters is 2. The van der Waals surface area contributed by atoms with Crippen LogP contribution < -0.4 is 0 Å². The predicted octanol–water partition coefficient (Wildman–Crippen LogP) is 5.50. The highest BCUT2D eigenvalue weighted by molar-refractivity contribution is 5.98. The molecular weight excluding hydrogens is 432 g/mol. The van der Waals surface area contributed by atoms with Crippen LogP contribution in [0.4, 0.5) is 0 Å². The molecule has 0 aliphatic rings. The van der Waals surface area contributed by atoms with Crippen molar-refractivity contribution in [3.63, 3.8) is 0 Å². The molecular formula is C28H24O6. The number of hydrogen-bond donors (Lipinski definition) is 0. The molecule has 0 aromatic heterocycles. The molecule has 4 aromatic carbocycles. The van der Waals surface area contributed by atoms with Crippen LogP contribution in [0.25, 0.3) is 10.8 Å². The minimum atomic E-state index is -0.478. The van der Waals surface area contributed by atoms with Gasteiger partial charge in [-0.25, -0.2) is 9.59 Å². The van der Waals surface area contributed by atoms with Gasteiger partial charge in [0.25, 0.3) is 0 Å². The highest BCUT2D eigenvalue weighted by Gasteiger charge is 2.11. The van der Waals surface area contributed by atoms with Crippen LogP contribution in [0.15, 0.2) is 97.1 Å². The van der Waals surface area contributed by atoms with Crippen LogP contribution in [-0.2, 0) is 32.2 Å². The first-order chi connectivity index (χ1) is 16.7. The minimum absolute atomic E-state index is 0.136. The SMILES string of the molecule is O=C(OCOCc1ccccc1)c1ccc2cc(C(=O)OCOCc3ccccc3)ccc2c1. The van der Waals surface area contributed by atoms with Gasteiger partial charge in [-0.05, 0) is 46.2 Å². The number of hydrogen-bond acceptors (Lipinski definition) is 6. The first-order valence-electron chi connectivity index (χ1n) is 10.8. The maximum Gasteiger partial charge on any atom is 0.340 e. The van der Waals surface area contributed by atoms with Gasteiger partial charge in [-0.2, -0.15) is 0 Å². The Labute approximate surface area is 197 Å². The molecule has 0 saturated carbocycles. The molecule has 0 bridgehead atoms. The molecule has 4 aromatic rings. The summed E-state index contributed by atoms with van der Waals surface area (Å²) >= 11 is 0. The summed E-state index contributed by atoms with van der Waals surface area (Å²) < 4.78 is 21.2. The molecule has 0 aliphatic heterocycles. The van der Waals surface area contributed by atoms with E-state index in [1.54, 1.807) is 36.4 Å². The van der Waals surface area contributed by atoms with Crippen molar-refractivity contribution < 1.29 is 28.5 Å². The van der Waals surface area contributed by atoms with E-state index in [1.807, 2.05) is 60.7 Å². The van der Waals surface area contributed by atoms with Crippen LogP contribution in [0.5, 0.6) is 0 Å². The molecule has 6 heteroatoms. The fourth-order valence-electron chi connectivity index (χ4n) is 3.32. The summed E-state index contributed by atoms with van der Waals surface area (Å²) in [4.78, 5) is 24.7. The summed E-state index contributed by atoms with van der Waals surface area (Å²) in [7, 11) is 0. The van der Waals surface area contributed by atoms with Crippen molar-refractivity contribution in [1.82, 2.24) is 0 Å². The lowest BCUT2D eigenvalue weighted by atomic mass is 10.0. The third-order valence-corrected chi connectivity index (χ3v) is 5.08. The Balaban J connectivity index is 1.26. The van der Waals surface area contributed by atoms with E-state index < -0.39 is 11.9 Å². The zero-order valence-corrected chi connectivity index (χ0v) is 18.5. The zero-order valence-electron chi connectivity index (χ0n) is 18.5. The third-order valence-electron chi connectivity index (χ3n) is 5.08. The summed E-state index contributed by atoms with van der Waals surface area (Å²) in [5.74, 6) is -0.956. The molecule has 0 radical (unpaired) electrons. The maximum absolute atomic E-state index is 12.3. The van der Waals surface area contributed by atoms with E-state index in [4.69, 9.17) is 18.9 Å². The van der Waals surface area contributed by atoms with Crippen LogP contribution in [0.1, 0.15) is 31.8 Å². The molecule has 0 amide bonds. The first-order valence-corrected chi connectivity index (χ1v) is 10.8. The van der Waals surface area contributed by atoms with E-state index in [-0.39, 0.29) is 13.6 Å². The lowest BCUT2D eigenvalue weighted by Gasteiger charge is -2.09. The molecule has 172 valence electrons. The number of rotatable bonds is 10. The van der Waals surface area contributed by atoms with Crippen molar-refractivity contribution in [2.45, 2.75) is 13.2 Å². The van der Waals surface area contributed by atoms with Crippen molar-refractivity contribution in [2.75, 3.05) is 13.6 Å². The lowest BCUT2D eigenvalue weighted by molar-refractivity contribution is -0.0387. The zero-order chi connectivity index (χ0) is 23.6. The van der Waals surface area contributed by atoms with Gasteiger partial charge in [0.1, 0.15) is 0 Å². The van der Waals surface area contributed by atoms with Gasteiger partial charge in [-0.15, -0.1) is 0 Å². The Morgan fingerprint density at radius 3 is 1.35 bits per heavy atom. The second kappa shape index (κ2) is 11.7. The molecule has 4 rings (SSSR count). The van der Waals surface area contributed by atoms with Crippen molar-refractivity contribution >= 4 is 22.7 Å². The van der Waals surface area contributed by atoms with Crippen LogP contribution in [0, 0.1) is 0 Å². The summed E-state index contributed by atoms with van der Waals surface area (Å²) in [5.41, 5.74) is 2.81. The Kier molecular flexibility index (Phi) is 8.00. The Morgan fingerprint density at radius 1 is 0.529 bits per heavy atom. The van der Waals surface area contributed by atoms with Crippen molar-refractivity contribution in [3.8, 4) is 0 Å². The number of carbonyl (C=O) groups excluding carboxylic acids is 2. The summed E-state index contributed by atoms with van der Waals surface area (Å²) in [5, 5.41) is 1.60. The maximum atomic E-state index is 12.3. The normalized spacial score (nSPS) is 10.7. The fourth-order valence-corrected chi connectivity index (χ4v) is 3.32. The molecule has 0 unspecified atom stereocenters. The van der Waals surface area contributed by atoms with E-state index in [2.05, 4.69) is 0 Å². The lowest BCUT2D eigenvalue weighted by Crippen LogP contribution is -2.09. The number of fused-ring (bicyclic) bond motifs is 1. The predicted molar refractivity (Wildman–Crippen MR) is 127 cm³/mol. The van der Waals surface area contributed by atoms with Crippen LogP contribution in [0.2, 0.25) is 0 Å². The second-order valence-corrected chi connectivity index (χ2v) is 7.54. The first kappa shape index (κ1) is 23.2. The van der Waals surface area contributed by atoms with Gasteiger partial charge >= 0.3 is 11.9 Å². The third kappa shape index (κ3) is 6.51. The quantitative estimate of drug-likeness (QED) is 0.178. The van der Waals surface area contributed by atoms with Gasteiger partial charge in [0.2, 0.25) is 0 Å². The molecule has 0 fully saturated rings. The molecule has 0 heterocycles. The molecule has 0 saturated heterocycles. The van der Waals surface area contributed by atoms with Crippen molar-refractivity contribution in [3.05, 3.63) is 119 Å². The van der Waals surface area contributed by atoms with E-state index in [1.165, 1.54) is 0 Å². The second-order valence-electron chi connectivity index (χ2n) is 7.54. The van der Waals surface area contributed by atoms with Gasteiger partial charge in [0.05, 0.1) is 24.3 Å². The van der Waals surface area contributed by atoms with Crippen LogP contribution >= 0.6 is 0 Å². The van der Waals surface area contributed by atoms with E-state index in [0.717, 1.165) is 21.9 Å². The van der Waals surface area contributed by atoms with E-state index in [9.17, 15) is 9.59 Å². The Bertz CT molecular complexity index is 1140. The van der Waals surface area contributed by atoms with E-state index in [0.29, 0.717) is 24.3 Å². The Morgan fingerprint density at radius 2 is 0.941 bits per heavy atom. The van der Waals surface area contributed by atoms with Crippen molar-refractivity contribution in [2.24, 2.45) is 0 Å². The molecule has 0 spiro atoms. The average Bonchev–Trinajstić information content (AvgIpc) is 2.89. The average molecular weight is 456 g/mol. The largest absolute Gasteiger partial charge is 0.435 e. The van der Waals surface area contributed by atoms with Gasteiger partial charge in [-0.3, -0.25) is 0 Å². The molecule has 0 N–H and O–H groups in total. The highest BCUT2D eigenvalue weighted by atomic mass is 16.7. The smallest absolute Gasteiger partial charge is 0.340 e. The molecule has 0 aliphatic carbocycles. The molecule has 6 nitrogen and oxygen atoms in total. The topological polar surface area (TPSA) is 71.1 Å². The van der Waals surface area contributed by atoms with Gasteiger partial charge in [-0.1, -0.05) is 72.8 Å². The van der Waals surface area contributed by atoms with Gasteiger partial charge in [0, 0.05) is 0 Å². The van der Waals surface area contributed by atoms with Gasteiger partial charge < -0.3 is 18.9 Å². The summed E-state index contributed by atoms with van der Waals surface area (Å²) in [6, 6.07) is 29.6. The Hall–Kier alpha value is -4.00.